The number of fused-ring (bicyclic) bond motifs is 1. The number of pyridine rings is 1. The highest BCUT2D eigenvalue weighted by molar-refractivity contribution is 6.05. The zero-order chi connectivity index (χ0) is 20.8. The summed E-state index contributed by atoms with van der Waals surface area (Å²) in [5, 5.41) is 0.615. The predicted octanol–water partition coefficient (Wildman–Crippen LogP) is 3.94. The molecule has 0 saturated carbocycles. The number of nitrogens with zero attached hydrogens (tertiary/aromatic N) is 2. The van der Waals surface area contributed by atoms with Crippen LogP contribution in [-0.4, -0.2) is 48.6 Å². The zero-order valence-corrected chi connectivity index (χ0v) is 16.8. The molecule has 3 rings (SSSR count). The molecule has 0 aliphatic heterocycles. The largest absolute Gasteiger partial charge is 0.497 e. The summed E-state index contributed by atoms with van der Waals surface area (Å²) in [6.45, 7) is 4.62. The highest BCUT2D eigenvalue weighted by atomic mass is 16.5. The van der Waals surface area contributed by atoms with Crippen molar-refractivity contribution in [3.8, 4) is 17.0 Å². The summed E-state index contributed by atoms with van der Waals surface area (Å²) in [4.78, 5) is 31.4. The van der Waals surface area contributed by atoms with Crippen molar-refractivity contribution in [2.24, 2.45) is 0 Å². The van der Waals surface area contributed by atoms with E-state index in [0.29, 0.717) is 41.0 Å². The molecule has 0 aliphatic carbocycles. The summed E-state index contributed by atoms with van der Waals surface area (Å²) >= 11 is 0. The standard InChI is InChI=1S/C23H24N2O4/c1-4-25(5-2)22(26)15-29-23(27)19-14-21(16-9-7-6-8-10-16)24-20-12-11-17(28-3)13-18(19)20/h6-14H,4-5,15H2,1-3H3. The molecule has 1 heterocycles. The monoisotopic (exact) mass is 392 g/mol. The third-order valence-corrected chi connectivity index (χ3v) is 4.75. The Kier molecular flexibility index (Phi) is 6.44. The fraction of sp³-hybridized carbons (Fsp3) is 0.261. The van der Waals surface area contributed by atoms with E-state index < -0.39 is 5.97 Å². The van der Waals surface area contributed by atoms with Gasteiger partial charge in [0.25, 0.3) is 5.91 Å². The van der Waals surface area contributed by atoms with Crippen molar-refractivity contribution in [3.63, 3.8) is 0 Å². The molecule has 0 fully saturated rings. The Morgan fingerprint density at radius 1 is 1.00 bits per heavy atom. The number of esters is 1. The third kappa shape index (κ3) is 4.54. The van der Waals surface area contributed by atoms with E-state index in [9.17, 15) is 9.59 Å². The topological polar surface area (TPSA) is 68.7 Å². The summed E-state index contributed by atoms with van der Waals surface area (Å²) in [5.74, 6) is -0.175. The SMILES string of the molecule is CCN(CC)C(=O)COC(=O)c1cc(-c2ccccc2)nc2ccc(OC)cc12. The van der Waals surface area contributed by atoms with Gasteiger partial charge in [0.2, 0.25) is 0 Å². The van der Waals surface area contributed by atoms with E-state index in [4.69, 9.17) is 9.47 Å². The molecule has 1 aromatic heterocycles. The molecule has 2 aromatic carbocycles. The van der Waals surface area contributed by atoms with Crippen molar-refractivity contribution in [2.45, 2.75) is 13.8 Å². The third-order valence-electron chi connectivity index (χ3n) is 4.75. The van der Waals surface area contributed by atoms with Gasteiger partial charge in [-0.25, -0.2) is 9.78 Å². The van der Waals surface area contributed by atoms with Crippen LogP contribution in [0.25, 0.3) is 22.2 Å². The van der Waals surface area contributed by atoms with Crippen molar-refractivity contribution >= 4 is 22.8 Å². The maximum Gasteiger partial charge on any atom is 0.339 e. The Morgan fingerprint density at radius 2 is 1.72 bits per heavy atom. The lowest BCUT2D eigenvalue weighted by atomic mass is 10.0. The lowest BCUT2D eigenvalue weighted by Gasteiger charge is -2.18. The maximum absolute atomic E-state index is 12.9. The minimum atomic E-state index is -0.566. The van der Waals surface area contributed by atoms with Crippen molar-refractivity contribution in [1.29, 1.82) is 0 Å². The minimum Gasteiger partial charge on any atom is -0.497 e. The molecular formula is C23H24N2O4. The highest BCUT2D eigenvalue weighted by Crippen LogP contribution is 2.28. The molecule has 1 amide bonds. The summed E-state index contributed by atoms with van der Waals surface area (Å²) in [7, 11) is 1.56. The molecule has 0 unspecified atom stereocenters. The molecule has 6 heteroatoms. The van der Waals surface area contributed by atoms with Crippen LogP contribution in [0.5, 0.6) is 5.75 Å². The van der Waals surface area contributed by atoms with Crippen molar-refractivity contribution < 1.29 is 19.1 Å². The highest BCUT2D eigenvalue weighted by Gasteiger charge is 2.18. The number of carbonyl (C=O) groups is 2. The fourth-order valence-corrected chi connectivity index (χ4v) is 3.13. The molecule has 0 N–H and O–H groups in total. The van der Waals surface area contributed by atoms with Gasteiger partial charge in [-0.15, -0.1) is 0 Å². The molecule has 3 aromatic rings. The van der Waals surface area contributed by atoms with Gasteiger partial charge in [-0.05, 0) is 38.1 Å². The lowest BCUT2D eigenvalue weighted by molar-refractivity contribution is -0.134. The smallest absolute Gasteiger partial charge is 0.339 e. The normalized spacial score (nSPS) is 10.6. The molecule has 0 bridgehead atoms. The van der Waals surface area contributed by atoms with E-state index in [1.165, 1.54) is 0 Å². The van der Waals surface area contributed by atoms with E-state index in [1.807, 2.05) is 44.2 Å². The second kappa shape index (κ2) is 9.19. The predicted molar refractivity (Wildman–Crippen MR) is 112 cm³/mol. The average Bonchev–Trinajstić information content (AvgIpc) is 2.77. The minimum absolute atomic E-state index is 0.220. The molecule has 0 atom stereocenters. The van der Waals surface area contributed by atoms with E-state index in [-0.39, 0.29) is 12.5 Å². The molecule has 0 saturated heterocycles. The van der Waals surface area contributed by atoms with Gasteiger partial charge in [0.05, 0.1) is 23.9 Å². The number of benzene rings is 2. The number of hydrogen-bond acceptors (Lipinski definition) is 5. The van der Waals surface area contributed by atoms with Gasteiger partial charge in [0.15, 0.2) is 6.61 Å². The van der Waals surface area contributed by atoms with Crippen LogP contribution in [-0.2, 0) is 9.53 Å². The number of amides is 1. The van der Waals surface area contributed by atoms with Gasteiger partial charge in [0.1, 0.15) is 5.75 Å². The van der Waals surface area contributed by atoms with Crippen LogP contribution in [0.4, 0.5) is 0 Å². The van der Waals surface area contributed by atoms with Crippen LogP contribution in [0.3, 0.4) is 0 Å². The summed E-state index contributed by atoms with van der Waals surface area (Å²) in [5.41, 5.74) is 2.54. The Hall–Kier alpha value is -3.41. The van der Waals surface area contributed by atoms with E-state index in [0.717, 1.165) is 5.56 Å². The fourth-order valence-electron chi connectivity index (χ4n) is 3.13. The quantitative estimate of drug-likeness (QED) is 0.570. The Balaban J connectivity index is 1.99. The Labute approximate surface area is 170 Å². The molecule has 150 valence electrons. The van der Waals surface area contributed by atoms with Crippen molar-refractivity contribution in [2.75, 3.05) is 26.8 Å². The van der Waals surface area contributed by atoms with Gasteiger partial charge in [-0.2, -0.15) is 0 Å². The Morgan fingerprint density at radius 3 is 2.38 bits per heavy atom. The molecule has 29 heavy (non-hydrogen) atoms. The van der Waals surface area contributed by atoms with Crippen LogP contribution in [0.15, 0.2) is 54.6 Å². The van der Waals surface area contributed by atoms with Crippen LogP contribution < -0.4 is 4.74 Å². The first-order valence-corrected chi connectivity index (χ1v) is 9.56. The molecule has 0 aliphatic rings. The number of hydrogen-bond donors (Lipinski definition) is 0. The van der Waals surface area contributed by atoms with Crippen LogP contribution in [0.1, 0.15) is 24.2 Å². The number of aromatic nitrogens is 1. The van der Waals surface area contributed by atoms with Crippen LogP contribution in [0.2, 0.25) is 0 Å². The van der Waals surface area contributed by atoms with Gasteiger partial charge in [0, 0.05) is 24.0 Å². The maximum atomic E-state index is 12.9. The summed E-state index contributed by atoms with van der Waals surface area (Å²) in [6, 6.07) is 16.6. The lowest BCUT2D eigenvalue weighted by Crippen LogP contribution is -2.34. The number of likely N-dealkylation sites (N-methyl/N-ethyl adjacent to an activating group) is 1. The van der Waals surface area contributed by atoms with Gasteiger partial charge in [-0.3, -0.25) is 4.79 Å². The van der Waals surface area contributed by atoms with Gasteiger partial charge >= 0.3 is 5.97 Å². The van der Waals surface area contributed by atoms with Crippen molar-refractivity contribution in [1.82, 2.24) is 9.88 Å². The second-order valence-electron chi connectivity index (χ2n) is 6.45. The molecule has 0 radical (unpaired) electrons. The second-order valence-corrected chi connectivity index (χ2v) is 6.45. The van der Waals surface area contributed by atoms with Crippen molar-refractivity contribution in [3.05, 3.63) is 60.2 Å². The first-order valence-electron chi connectivity index (χ1n) is 9.56. The first-order chi connectivity index (χ1) is 14.1. The van der Waals surface area contributed by atoms with Gasteiger partial charge < -0.3 is 14.4 Å². The first kappa shape index (κ1) is 20.3. The van der Waals surface area contributed by atoms with E-state index in [1.54, 1.807) is 36.3 Å². The van der Waals surface area contributed by atoms with E-state index in [2.05, 4.69) is 4.98 Å². The molecular weight excluding hydrogens is 368 g/mol. The zero-order valence-electron chi connectivity index (χ0n) is 16.8. The number of ether oxygens (including phenoxy) is 2. The van der Waals surface area contributed by atoms with E-state index >= 15 is 0 Å². The number of methoxy groups -OCH3 is 1. The number of carbonyl (C=O) groups excluding carboxylic acids is 2. The molecule has 6 nitrogen and oxygen atoms in total. The van der Waals surface area contributed by atoms with Gasteiger partial charge in [-0.1, -0.05) is 30.3 Å². The average molecular weight is 392 g/mol. The molecule has 0 spiro atoms. The summed E-state index contributed by atoms with van der Waals surface area (Å²) < 4.78 is 10.6. The van der Waals surface area contributed by atoms with Crippen LogP contribution >= 0.6 is 0 Å². The summed E-state index contributed by atoms with van der Waals surface area (Å²) in [6.07, 6.45) is 0. The Bertz CT molecular complexity index is 1010. The van der Waals surface area contributed by atoms with Crippen LogP contribution in [0, 0.1) is 0 Å². The number of rotatable bonds is 7.